The van der Waals surface area contributed by atoms with Gasteiger partial charge in [-0.05, 0) is 49.4 Å². The molecule has 624 valence electrons. The molecule has 0 aliphatic rings. The molecular weight excluding hydrogens is 1370 g/mol. The number of esters is 4. The van der Waals surface area contributed by atoms with E-state index < -0.39 is 97.5 Å². The van der Waals surface area contributed by atoms with Crippen molar-refractivity contribution in [3.63, 3.8) is 0 Å². The SMILES string of the molecule is CCC(C)CCCCCCCCCCCCCCCCC(=O)OC[C@H](COP(=O)(O)OCC(O)COP(=O)(O)OC[C@@H](COC(=O)CCCCCCCCCC(C)C)OC(=O)CCCCCCCCCCCCCCCCCCC(C)C)OC(=O)CCCCCCCCCCCCCCCCCC(C)C. The summed E-state index contributed by atoms with van der Waals surface area (Å²) in [5.41, 5.74) is 0. The molecule has 6 atom stereocenters. The van der Waals surface area contributed by atoms with E-state index in [-0.39, 0.29) is 25.7 Å². The van der Waals surface area contributed by atoms with Gasteiger partial charge in [-0.1, -0.05) is 396 Å². The Labute approximate surface area is 645 Å². The first-order valence-electron chi connectivity index (χ1n) is 44.2. The molecule has 0 aromatic carbocycles. The van der Waals surface area contributed by atoms with Gasteiger partial charge in [0.2, 0.25) is 0 Å². The Kier molecular flexibility index (Phi) is 73.4. The molecule has 0 bridgehead atoms. The van der Waals surface area contributed by atoms with E-state index in [4.69, 9.17) is 37.0 Å². The van der Waals surface area contributed by atoms with Crippen molar-refractivity contribution in [2.24, 2.45) is 23.7 Å². The van der Waals surface area contributed by atoms with Crippen molar-refractivity contribution in [1.82, 2.24) is 0 Å². The van der Waals surface area contributed by atoms with Crippen molar-refractivity contribution in [3.8, 4) is 0 Å². The fraction of sp³-hybridized carbons (Fsp3) is 0.953. The average molecular weight is 1540 g/mol. The molecule has 0 spiro atoms. The first-order chi connectivity index (χ1) is 50.6. The van der Waals surface area contributed by atoms with Crippen LogP contribution in [0.25, 0.3) is 0 Å². The summed E-state index contributed by atoms with van der Waals surface area (Å²) in [6, 6.07) is 0. The number of hydrogen-bond acceptors (Lipinski definition) is 15. The van der Waals surface area contributed by atoms with Crippen LogP contribution in [0, 0.1) is 23.7 Å². The van der Waals surface area contributed by atoms with Crippen LogP contribution in [-0.4, -0.2) is 96.7 Å². The highest BCUT2D eigenvalue weighted by Crippen LogP contribution is 2.45. The molecule has 0 aromatic rings. The zero-order valence-corrected chi connectivity index (χ0v) is 71.2. The molecule has 0 rings (SSSR count). The normalized spacial score (nSPS) is 14.2. The Morgan fingerprint density at radius 1 is 0.267 bits per heavy atom. The van der Waals surface area contributed by atoms with Gasteiger partial charge in [-0.2, -0.15) is 0 Å². The highest BCUT2D eigenvalue weighted by Gasteiger charge is 2.31. The number of unbranched alkanes of at least 4 members (excludes halogenated alkanes) is 48. The second kappa shape index (κ2) is 74.8. The van der Waals surface area contributed by atoms with E-state index >= 15 is 0 Å². The molecule has 3 N–H and O–H groups in total. The number of carbonyl (C=O) groups excluding carboxylic acids is 4. The summed E-state index contributed by atoms with van der Waals surface area (Å²) in [5, 5.41) is 10.7. The molecule has 19 heteroatoms. The largest absolute Gasteiger partial charge is 0.472 e. The predicted octanol–water partition coefficient (Wildman–Crippen LogP) is 25.9. The number of aliphatic hydroxyl groups is 1. The van der Waals surface area contributed by atoms with Crippen molar-refractivity contribution < 1.29 is 80.2 Å². The zero-order valence-electron chi connectivity index (χ0n) is 69.4. The third-order valence-electron chi connectivity index (χ3n) is 20.4. The average Bonchev–Trinajstić information content (AvgIpc) is 0.908. The van der Waals surface area contributed by atoms with Gasteiger partial charge in [0.15, 0.2) is 12.2 Å². The minimum absolute atomic E-state index is 0.107. The summed E-state index contributed by atoms with van der Waals surface area (Å²) in [4.78, 5) is 73.2. The van der Waals surface area contributed by atoms with E-state index in [1.807, 2.05) is 0 Å². The summed E-state index contributed by atoms with van der Waals surface area (Å²) in [5.74, 6) is 1.06. The van der Waals surface area contributed by atoms with Crippen LogP contribution in [0.1, 0.15) is 447 Å². The van der Waals surface area contributed by atoms with Gasteiger partial charge in [-0.25, -0.2) is 9.13 Å². The van der Waals surface area contributed by atoms with Gasteiger partial charge in [0.05, 0.1) is 26.4 Å². The van der Waals surface area contributed by atoms with Crippen LogP contribution < -0.4 is 0 Å². The Hall–Kier alpha value is -1.94. The Bertz CT molecular complexity index is 2040. The van der Waals surface area contributed by atoms with Crippen molar-refractivity contribution in [1.29, 1.82) is 0 Å². The Morgan fingerprint density at radius 2 is 0.457 bits per heavy atom. The second-order valence-electron chi connectivity index (χ2n) is 32.6. The number of hydrogen-bond donors (Lipinski definition) is 3. The molecule has 0 fully saturated rings. The smallest absolute Gasteiger partial charge is 0.462 e. The molecule has 0 heterocycles. The third kappa shape index (κ3) is 78.5. The molecule has 0 saturated carbocycles. The number of aliphatic hydroxyl groups excluding tert-OH is 1. The van der Waals surface area contributed by atoms with Gasteiger partial charge in [0.1, 0.15) is 19.3 Å². The van der Waals surface area contributed by atoms with E-state index in [2.05, 4.69) is 55.4 Å². The Balaban J connectivity index is 5.24. The monoisotopic (exact) mass is 1540 g/mol. The fourth-order valence-electron chi connectivity index (χ4n) is 13.3. The van der Waals surface area contributed by atoms with E-state index in [9.17, 15) is 43.2 Å². The lowest BCUT2D eigenvalue weighted by atomic mass is 9.99. The molecule has 0 radical (unpaired) electrons. The predicted molar refractivity (Wildman–Crippen MR) is 432 cm³/mol. The zero-order chi connectivity index (χ0) is 77.4. The van der Waals surface area contributed by atoms with E-state index in [0.717, 1.165) is 114 Å². The third-order valence-corrected chi connectivity index (χ3v) is 22.3. The maximum absolute atomic E-state index is 13.1. The van der Waals surface area contributed by atoms with Crippen molar-refractivity contribution in [3.05, 3.63) is 0 Å². The van der Waals surface area contributed by atoms with Crippen LogP contribution in [0.5, 0.6) is 0 Å². The van der Waals surface area contributed by atoms with Crippen LogP contribution >= 0.6 is 15.6 Å². The fourth-order valence-corrected chi connectivity index (χ4v) is 14.9. The summed E-state index contributed by atoms with van der Waals surface area (Å²) in [6.45, 7) is 14.3. The van der Waals surface area contributed by atoms with Gasteiger partial charge >= 0.3 is 39.5 Å². The molecule has 0 aromatic heterocycles. The van der Waals surface area contributed by atoms with Gasteiger partial charge in [0.25, 0.3) is 0 Å². The summed E-state index contributed by atoms with van der Waals surface area (Å²) in [6.07, 6.45) is 63.9. The first-order valence-corrected chi connectivity index (χ1v) is 47.2. The first kappa shape index (κ1) is 103. The highest BCUT2D eigenvalue weighted by molar-refractivity contribution is 7.47. The van der Waals surface area contributed by atoms with Crippen molar-refractivity contribution in [2.75, 3.05) is 39.6 Å². The second-order valence-corrected chi connectivity index (χ2v) is 35.5. The Morgan fingerprint density at radius 3 is 0.676 bits per heavy atom. The number of phosphoric ester groups is 2. The summed E-state index contributed by atoms with van der Waals surface area (Å²) < 4.78 is 68.9. The topological polar surface area (TPSA) is 237 Å². The molecule has 0 amide bonds. The van der Waals surface area contributed by atoms with Crippen molar-refractivity contribution >= 4 is 39.5 Å². The molecule has 0 aliphatic carbocycles. The van der Waals surface area contributed by atoms with Gasteiger partial charge in [-0.3, -0.25) is 37.3 Å². The lowest BCUT2D eigenvalue weighted by Gasteiger charge is -2.21. The number of rotatable bonds is 83. The van der Waals surface area contributed by atoms with Gasteiger partial charge in [0, 0.05) is 25.7 Å². The summed E-state index contributed by atoms with van der Waals surface area (Å²) >= 11 is 0. The lowest BCUT2D eigenvalue weighted by molar-refractivity contribution is -0.161. The van der Waals surface area contributed by atoms with Crippen LogP contribution in [0.3, 0.4) is 0 Å². The minimum Gasteiger partial charge on any atom is -0.462 e. The van der Waals surface area contributed by atoms with Gasteiger partial charge < -0.3 is 33.8 Å². The molecule has 0 aliphatic heterocycles. The van der Waals surface area contributed by atoms with Gasteiger partial charge in [-0.15, -0.1) is 0 Å². The standard InChI is InChI=1S/C86H168O17P2/c1-9-79(8)65-57-49-41-33-27-21-17-18-22-28-34-42-50-58-66-83(88)96-72-81(102-85(90)68-61-53-44-36-30-24-16-12-14-20-26-32-39-47-55-63-77(4)5)74-100-104(92,93)98-70-80(87)71-99-105(94,95)101-75-82(73-97-84(89)67-59-51-45-37-40-48-56-64-78(6)7)103-86(91)69-60-52-43-35-29-23-15-11-10-13-19-25-31-38-46-54-62-76(2)3/h76-82,87H,9-75H2,1-8H3,(H,92,93)(H,94,95)/t79?,80?,81-,82-/m1/s1. The maximum atomic E-state index is 13.1. The van der Waals surface area contributed by atoms with E-state index in [1.165, 1.54) is 244 Å². The van der Waals surface area contributed by atoms with E-state index in [0.29, 0.717) is 31.6 Å². The highest BCUT2D eigenvalue weighted by atomic mass is 31.2. The van der Waals surface area contributed by atoms with Crippen LogP contribution in [0.15, 0.2) is 0 Å². The molecule has 4 unspecified atom stereocenters. The molecular formula is C86H168O17P2. The number of phosphoric acid groups is 2. The maximum Gasteiger partial charge on any atom is 0.472 e. The minimum atomic E-state index is -4.97. The quantitative estimate of drug-likeness (QED) is 0.0222. The van der Waals surface area contributed by atoms with Crippen molar-refractivity contribution in [2.45, 2.75) is 465 Å². The van der Waals surface area contributed by atoms with Crippen LogP contribution in [-0.2, 0) is 65.4 Å². The summed E-state index contributed by atoms with van der Waals surface area (Å²) in [7, 11) is -9.93. The number of carbonyl (C=O) groups is 4. The van der Waals surface area contributed by atoms with E-state index in [1.54, 1.807) is 0 Å². The van der Waals surface area contributed by atoms with Crippen LogP contribution in [0.4, 0.5) is 0 Å². The van der Waals surface area contributed by atoms with Crippen LogP contribution in [0.2, 0.25) is 0 Å². The molecule has 105 heavy (non-hydrogen) atoms. The molecule has 17 nitrogen and oxygen atoms in total. The molecule has 0 saturated heterocycles. The number of ether oxygens (including phenoxy) is 4. The lowest BCUT2D eigenvalue weighted by Crippen LogP contribution is -2.30.